The molecule has 6 heteroatoms. The van der Waals surface area contributed by atoms with Gasteiger partial charge in [0.15, 0.2) is 9.87 Å². The lowest BCUT2D eigenvalue weighted by atomic mass is 10.4. The maximum absolute atomic E-state index is 5.59. The first kappa shape index (κ1) is 7.35. The number of fused-ring (bicyclic) bond motifs is 1. The predicted molar refractivity (Wildman–Crippen MR) is 48.3 cm³/mol. The molecule has 1 aliphatic heterocycles. The summed E-state index contributed by atoms with van der Waals surface area (Å²) in [6.07, 6.45) is 1.50. The highest BCUT2D eigenvalue weighted by atomic mass is 127. The second-order valence-corrected chi connectivity index (χ2v) is 3.52. The summed E-state index contributed by atoms with van der Waals surface area (Å²) in [6.45, 7) is 0. The van der Waals surface area contributed by atoms with Gasteiger partial charge in [-0.3, -0.25) is 4.98 Å². The lowest BCUT2D eigenvalue weighted by Crippen LogP contribution is -1.88. The number of rotatable bonds is 0. The standard InChI is InChI=1S/C5H2ClIN4/c6-2-1-8-3-4(7)10-11-5(3)9-2/h1,4H. The first-order chi connectivity index (χ1) is 5.27. The zero-order valence-electron chi connectivity index (χ0n) is 5.20. The summed E-state index contributed by atoms with van der Waals surface area (Å²) in [5.74, 6) is 0.539. The van der Waals surface area contributed by atoms with E-state index in [1.165, 1.54) is 6.20 Å². The first-order valence-corrected chi connectivity index (χ1v) is 4.47. The van der Waals surface area contributed by atoms with Crippen LogP contribution in [0.1, 0.15) is 9.74 Å². The molecule has 4 nitrogen and oxygen atoms in total. The van der Waals surface area contributed by atoms with Crippen LogP contribution in [-0.2, 0) is 0 Å². The summed E-state index contributed by atoms with van der Waals surface area (Å²) in [6, 6.07) is 0. The van der Waals surface area contributed by atoms with E-state index in [1.807, 2.05) is 0 Å². The average Bonchev–Trinajstić information content (AvgIpc) is 2.32. The molecule has 0 N–H and O–H groups in total. The Morgan fingerprint density at radius 1 is 1.55 bits per heavy atom. The molecule has 0 spiro atoms. The van der Waals surface area contributed by atoms with E-state index in [-0.39, 0.29) is 4.05 Å². The van der Waals surface area contributed by atoms with Crippen LogP contribution >= 0.6 is 34.2 Å². The highest BCUT2D eigenvalue weighted by Gasteiger charge is 2.20. The molecule has 1 aliphatic rings. The van der Waals surface area contributed by atoms with Crippen molar-refractivity contribution < 1.29 is 0 Å². The minimum absolute atomic E-state index is 0.00707. The molecule has 0 amide bonds. The molecule has 0 bridgehead atoms. The van der Waals surface area contributed by atoms with Crippen LogP contribution in [0.4, 0.5) is 5.82 Å². The molecule has 0 saturated heterocycles. The molecule has 56 valence electrons. The summed E-state index contributed by atoms with van der Waals surface area (Å²) in [7, 11) is 0. The first-order valence-electron chi connectivity index (χ1n) is 2.85. The van der Waals surface area contributed by atoms with Gasteiger partial charge in [-0.15, -0.1) is 5.11 Å². The molecule has 0 radical (unpaired) electrons. The van der Waals surface area contributed by atoms with Gasteiger partial charge in [0.1, 0.15) is 10.8 Å². The largest absolute Gasteiger partial charge is 0.251 e. The molecule has 0 fully saturated rings. The molecule has 1 atom stereocenters. The molecule has 11 heavy (non-hydrogen) atoms. The Labute approximate surface area is 81.2 Å². The van der Waals surface area contributed by atoms with E-state index >= 15 is 0 Å². The van der Waals surface area contributed by atoms with Gasteiger partial charge in [-0.05, 0) is 22.6 Å². The number of aromatic nitrogens is 2. The number of nitrogens with zero attached hydrogens (tertiary/aromatic N) is 4. The maximum Gasteiger partial charge on any atom is 0.200 e. The summed E-state index contributed by atoms with van der Waals surface area (Å²) in [5, 5.41) is 8.03. The Bertz CT molecular complexity index is 326. The van der Waals surface area contributed by atoms with Crippen molar-refractivity contribution in [2.24, 2.45) is 10.2 Å². The molecule has 0 saturated carbocycles. The Balaban J connectivity index is 2.58. The predicted octanol–water partition coefficient (Wildman–Crippen LogP) is 2.66. The minimum atomic E-state index is -0.00707. The highest BCUT2D eigenvalue weighted by Crippen LogP contribution is 2.36. The van der Waals surface area contributed by atoms with Gasteiger partial charge < -0.3 is 0 Å². The van der Waals surface area contributed by atoms with Crippen LogP contribution in [0.25, 0.3) is 0 Å². The number of azo groups is 1. The third-order valence-electron chi connectivity index (χ3n) is 1.23. The lowest BCUT2D eigenvalue weighted by Gasteiger charge is -1.95. The van der Waals surface area contributed by atoms with E-state index in [9.17, 15) is 0 Å². The molecule has 1 aromatic heterocycles. The van der Waals surface area contributed by atoms with E-state index in [4.69, 9.17) is 11.6 Å². The Hall–Kier alpha value is -0.300. The molecule has 0 aromatic carbocycles. The SMILES string of the molecule is Clc1cnc2c(n1)N=NC2I. The third-order valence-corrected chi connectivity index (χ3v) is 2.25. The van der Waals surface area contributed by atoms with Crippen LogP contribution < -0.4 is 0 Å². The van der Waals surface area contributed by atoms with Crippen LogP contribution in [0.2, 0.25) is 5.15 Å². The Kier molecular flexibility index (Phi) is 1.76. The van der Waals surface area contributed by atoms with Crippen LogP contribution in [0.15, 0.2) is 16.4 Å². The van der Waals surface area contributed by atoms with Gasteiger partial charge in [-0.2, -0.15) is 5.11 Å². The van der Waals surface area contributed by atoms with E-state index in [2.05, 4.69) is 42.8 Å². The van der Waals surface area contributed by atoms with Crippen LogP contribution in [0.5, 0.6) is 0 Å². The van der Waals surface area contributed by atoms with E-state index in [0.717, 1.165) is 5.69 Å². The topological polar surface area (TPSA) is 50.5 Å². The maximum atomic E-state index is 5.59. The Morgan fingerprint density at radius 2 is 2.36 bits per heavy atom. The number of halogens is 2. The fourth-order valence-corrected chi connectivity index (χ4v) is 1.46. The summed E-state index contributed by atoms with van der Waals surface area (Å²) >= 11 is 7.72. The molecule has 1 aromatic rings. The van der Waals surface area contributed by atoms with Crippen molar-refractivity contribution in [3.05, 3.63) is 17.0 Å². The number of hydrogen-bond donors (Lipinski definition) is 0. The van der Waals surface area contributed by atoms with Gasteiger partial charge in [0, 0.05) is 0 Å². The number of alkyl halides is 1. The zero-order valence-corrected chi connectivity index (χ0v) is 8.11. The van der Waals surface area contributed by atoms with Crippen molar-refractivity contribution in [1.82, 2.24) is 9.97 Å². The van der Waals surface area contributed by atoms with Crippen LogP contribution in [-0.4, -0.2) is 9.97 Å². The van der Waals surface area contributed by atoms with Crippen molar-refractivity contribution in [2.45, 2.75) is 4.05 Å². The molecule has 2 heterocycles. The third kappa shape index (κ3) is 1.22. The van der Waals surface area contributed by atoms with Crippen LogP contribution in [0.3, 0.4) is 0 Å². The fourth-order valence-electron chi connectivity index (χ4n) is 0.770. The summed E-state index contributed by atoms with van der Waals surface area (Å²) < 4.78 is -0.00707. The van der Waals surface area contributed by atoms with Gasteiger partial charge in [0.2, 0.25) is 0 Å². The van der Waals surface area contributed by atoms with E-state index in [0.29, 0.717) is 11.0 Å². The number of hydrogen-bond acceptors (Lipinski definition) is 4. The summed E-state index contributed by atoms with van der Waals surface area (Å²) in [4.78, 5) is 7.99. The molecule has 2 rings (SSSR count). The van der Waals surface area contributed by atoms with Gasteiger partial charge in [-0.25, -0.2) is 4.98 Å². The van der Waals surface area contributed by atoms with Crippen molar-refractivity contribution >= 4 is 40.0 Å². The minimum Gasteiger partial charge on any atom is -0.251 e. The highest BCUT2D eigenvalue weighted by molar-refractivity contribution is 14.1. The summed E-state index contributed by atoms with van der Waals surface area (Å²) in [5.41, 5.74) is 0.787. The van der Waals surface area contributed by atoms with Crippen molar-refractivity contribution in [2.75, 3.05) is 0 Å². The van der Waals surface area contributed by atoms with Crippen molar-refractivity contribution in [3.8, 4) is 0 Å². The van der Waals surface area contributed by atoms with E-state index < -0.39 is 0 Å². The Morgan fingerprint density at radius 3 is 3.18 bits per heavy atom. The molecule has 0 aliphatic carbocycles. The van der Waals surface area contributed by atoms with Gasteiger partial charge in [0.25, 0.3) is 0 Å². The van der Waals surface area contributed by atoms with Crippen molar-refractivity contribution in [3.63, 3.8) is 0 Å². The van der Waals surface area contributed by atoms with Crippen LogP contribution in [0, 0.1) is 0 Å². The molecular weight excluding hydrogens is 278 g/mol. The normalized spacial score (nSPS) is 20.4. The monoisotopic (exact) mass is 280 g/mol. The zero-order chi connectivity index (χ0) is 7.84. The van der Waals surface area contributed by atoms with Gasteiger partial charge in [0.05, 0.1) is 6.20 Å². The molecular formula is C5H2ClIN4. The van der Waals surface area contributed by atoms with E-state index in [1.54, 1.807) is 0 Å². The molecule has 1 unspecified atom stereocenters. The lowest BCUT2D eigenvalue weighted by molar-refractivity contribution is 1.000. The van der Waals surface area contributed by atoms with Crippen molar-refractivity contribution in [1.29, 1.82) is 0 Å². The smallest absolute Gasteiger partial charge is 0.200 e. The van der Waals surface area contributed by atoms with Gasteiger partial charge in [-0.1, -0.05) is 11.6 Å². The quantitative estimate of drug-likeness (QED) is 0.417. The second kappa shape index (κ2) is 2.63. The average molecular weight is 280 g/mol. The van der Waals surface area contributed by atoms with Gasteiger partial charge >= 0.3 is 0 Å². The second-order valence-electron chi connectivity index (χ2n) is 1.95. The fraction of sp³-hybridized carbons (Fsp3) is 0.200.